The van der Waals surface area contributed by atoms with Gasteiger partial charge in [0, 0.05) is 12.1 Å². The maximum atomic E-state index is 11.5. The molecule has 3 N–H and O–H groups in total. The molecule has 2 aliphatic carbocycles. The summed E-state index contributed by atoms with van der Waals surface area (Å²) in [5.41, 5.74) is 0. The van der Waals surface area contributed by atoms with Gasteiger partial charge in [-0.15, -0.1) is 0 Å². The normalized spacial score (nSPS) is 21.3. The average Bonchev–Trinajstić information content (AvgIpc) is 3.09. The third kappa shape index (κ3) is 3.81. The highest BCUT2D eigenvalue weighted by Crippen LogP contribution is 2.19. The first kappa shape index (κ1) is 11.4. The van der Waals surface area contributed by atoms with Crippen LogP contribution in [0.2, 0.25) is 0 Å². The van der Waals surface area contributed by atoms with Crippen LogP contribution in [-0.2, 0) is 9.59 Å². The Bertz CT molecular complexity index is 285. The van der Waals surface area contributed by atoms with Crippen molar-refractivity contribution in [3.8, 4) is 0 Å². The summed E-state index contributed by atoms with van der Waals surface area (Å²) in [5.74, 6) is -0.0321. The standard InChI is InChI=1S/C11H19N3O2/c1-7(11(16)14-9-4-5-9)12-6-10(15)13-8-2-3-8/h7-9,12H,2-6H2,1H3,(H,13,15)(H,14,16). The van der Waals surface area contributed by atoms with Gasteiger partial charge in [0.15, 0.2) is 0 Å². The monoisotopic (exact) mass is 225 g/mol. The van der Waals surface area contributed by atoms with E-state index >= 15 is 0 Å². The van der Waals surface area contributed by atoms with Crippen molar-refractivity contribution in [3.05, 3.63) is 0 Å². The van der Waals surface area contributed by atoms with Crippen molar-refractivity contribution < 1.29 is 9.59 Å². The fourth-order valence-corrected chi connectivity index (χ4v) is 1.40. The fourth-order valence-electron chi connectivity index (χ4n) is 1.40. The molecule has 5 heteroatoms. The Morgan fingerprint density at radius 2 is 1.69 bits per heavy atom. The van der Waals surface area contributed by atoms with Crippen molar-refractivity contribution >= 4 is 11.8 Å². The largest absolute Gasteiger partial charge is 0.352 e. The molecule has 0 saturated heterocycles. The van der Waals surface area contributed by atoms with Crippen molar-refractivity contribution in [1.29, 1.82) is 0 Å². The Morgan fingerprint density at radius 1 is 1.12 bits per heavy atom. The highest BCUT2D eigenvalue weighted by atomic mass is 16.2. The number of carbonyl (C=O) groups excluding carboxylic acids is 2. The summed E-state index contributed by atoms with van der Waals surface area (Å²) in [6.07, 6.45) is 4.34. The molecule has 0 bridgehead atoms. The Kier molecular flexibility index (Phi) is 3.43. The Labute approximate surface area is 95.3 Å². The zero-order valence-electron chi connectivity index (χ0n) is 9.58. The van der Waals surface area contributed by atoms with Crippen molar-refractivity contribution in [3.63, 3.8) is 0 Å². The van der Waals surface area contributed by atoms with Crippen LogP contribution in [0.4, 0.5) is 0 Å². The number of hydrogen-bond acceptors (Lipinski definition) is 3. The number of hydrogen-bond donors (Lipinski definition) is 3. The van der Waals surface area contributed by atoms with E-state index in [-0.39, 0.29) is 24.4 Å². The fraction of sp³-hybridized carbons (Fsp3) is 0.818. The van der Waals surface area contributed by atoms with Crippen molar-refractivity contribution in [1.82, 2.24) is 16.0 Å². The van der Waals surface area contributed by atoms with Crippen LogP contribution in [0.15, 0.2) is 0 Å². The lowest BCUT2D eigenvalue weighted by molar-refractivity contribution is -0.123. The molecule has 2 fully saturated rings. The van der Waals surface area contributed by atoms with E-state index in [4.69, 9.17) is 0 Å². The molecule has 2 aliphatic rings. The van der Waals surface area contributed by atoms with Gasteiger partial charge in [-0.3, -0.25) is 14.9 Å². The van der Waals surface area contributed by atoms with Crippen molar-refractivity contribution in [2.45, 2.75) is 50.7 Å². The minimum Gasteiger partial charge on any atom is -0.352 e. The van der Waals surface area contributed by atoms with Crippen LogP contribution in [0.3, 0.4) is 0 Å². The first-order chi connectivity index (χ1) is 7.65. The van der Waals surface area contributed by atoms with Crippen LogP contribution < -0.4 is 16.0 Å². The zero-order valence-corrected chi connectivity index (χ0v) is 9.58. The van der Waals surface area contributed by atoms with Gasteiger partial charge in [-0.2, -0.15) is 0 Å². The van der Waals surface area contributed by atoms with E-state index < -0.39 is 0 Å². The molecule has 2 saturated carbocycles. The number of carbonyl (C=O) groups is 2. The van der Waals surface area contributed by atoms with Gasteiger partial charge in [-0.25, -0.2) is 0 Å². The minimum absolute atomic E-state index is 0.0123. The van der Waals surface area contributed by atoms with Gasteiger partial charge in [0.05, 0.1) is 12.6 Å². The highest BCUT2D eigenvalue weighted by Gasteiger charge is 2.26. The molecule has 0 spiro atoms. The predicted octanol–water partition coefficient (Wildman–Crippen LogP) is -0.478. The quantitative estimate of drug-likeness (QED) is 0.572. The molecule has 90 valence electrons. The summed E-state index contributed by atoms with van der Waals surface area (Å²) in [5, 5.41) is 8.69. The number of nitrogens with one attached hydrogen (secondary N) is 3. The van der Waals surface area contributed by atoms with Gasteiger partial charge < -0.3 is 10.6 Å². The maximum absolute atomic E-state index is 11.5. The topological polar surface area (TPSA) is 70.2 Å². The molecule has 0 heterocycles. The lowest BCUT2D eigenvalue weighted by Crippen LogP contribution is -2.46. The highest BCUT2D eigenvalue weighted by molar-refractivity contribution is 5.83. The van der Waals surface area contributed by atoms with Gasteiger partial charge in [0.1, 0.15) is 0 Å². The Morgan fingerprint density at radius 3 is 2.25 bits per heavy atom. The van der Waals surface area contributed by atoms with Crippen LogP contribution in [-0.4, -0.2) is 36.5 Å². The Hall–Kier alpha value is -1.10. The third-order valence-electron chi connectivity index (χ3n) is 2.83. The van der Waals surface area contributed by atoms with Gasteiger partial charge in [0.2, 0.25) is 11.8 Å². The summed E-state index contributed by atoms with van der Waals surface area (Å²) >= 11 is 0. The molecule has 0 aliphatic heterocycles. The molecule has 0 aromatic carbocycles. The van der Waals surface area contributed by atoms with Crippen LogP contribution >= 0.6 is 0 Å². The van der Waals surface area contributed by atoms with E-state index in [1.807, 2.05) is 0 Å². The molecular weight excluding hydrogens is 206 g/mol. The van der Waals surface area contributed by atoms with Crippen LogP contribution in [0.25, 0.3) is 0 Å². The molecule has 2 amide bonds. The molecule has 5 nitrogen and oxygen atoms in total. The van der Waals surface area contributed by atoms with Crippen LogP contribution in [0.5, 0.6) is 0 Å². The smallest absolute Gasteiger partial charge is 0.237 e. The van der Waals surface area contributed by atoms with Gasteiger partial charge >= 0.3 is 0 Å². The zero-order chi connectivity index (χ0) is 11.5. The van der Waals surface area contributed by atoms with Crippen LogP contribution in [0, 0.1) is 0 Å². The summed E-state index contributed by atoms with van der Waals surface area (Å²) in [6, 6.07) is 0.451. The number of rotatable bonds is 6. The molecule has 1 atom stereocenters. The second-order valence-electron chi connectivity index (χ2n) is 4.73. The summed E-state index contributed by atoms with van der Waals surface area (Å²) in [6.45, 7) is 2.00. The predicted molar refractivity (Wildman–Crippen MR) is 59.8 cm³/mol. The first-order valence-electron chi connectivity index (χ1n) is 5.98. The van der Waals surface area contributed by atoms with Crippen molar-refractivity contribution in [2.24, 2.45) is 0 Å². The van der Waals surface area contributed by atoms with Gasteiger partial charge in [-0.05, 0) is 32.6 Å². The van der Waals surface area contributed by atoms with E-state index in [9.17, 15) is 9.59 Å². The van der Waals surface area contributed by atoms with E-state index in [1.165, 1.54) is 0 Å². The average molecular weight is 225 g/mol. The summed E-state index contributed by atoms with van der Waals surface area (Å²) < 4.78 is 0. The van der Waals surface area contributed by atoms with E-state index in [2.05, 4.69) is 16.0 Å². The lowest BCUT2D eigenvalue weighted by Gasteiger charge is -2.13. The molecular formula is C11H19N3O2. The van der Waals surface area contributed by atoms with Gasteiger partial charge in [0.25, 0.3) is 0 Å². The van der Waals surface area contributed by atoms with E-state index in [1.54, 1.807) is 6.92 Å². The summed E-state index contributed by atoms with van der Waals surface area (Å²) in [4.78, 5) is 22.9. The van der Waals surface area contributed by atoms with Crippen LogP contribution in [0.1, 0.15) is 32.6 Å². The third-order valence-corrected chi connectivity index (χ3v) is 2.83. The van der Waals surface area contributed by atoms with Crippen molar-refractivity contribution in [2.75, 3.05) is 6.54 Å². The maximum Gasteiger partial charge on any atom is 0.237 e. The second kappa shape index (κ2) is 4.82. The van der Waals surface area contributed by atoms with Gasteiger partial charge in [-0.1, -0.05) is 0 Å². The SMILES string of the molecule is CC(NCC(=O)NC1CC1)C(=O)NC1CC1. The molecule has 1 unspecified atom stereocenters. The van der Waals surface area contributed by atoms with E-state index in [0.717, 1.165) is 25.7 Å². The molecule has 16 heavy (non-hydrogen) atoms. The second-order valence-corrected chi connectivity index (χ2v) is 4.73. The molecule has 2 rings (SSSR count). The minimum atomic E-state index is -0.300. The first-order valence-corrected chi connectivity index (χ1v) is 5.98. The molecule has 0 radical (unpaired) electrons. The van der Waals surface area contributed by atoms with E-state index in [0.29, 0.717) is 12.1 Å². The molecule has 0 aromatic heterocycles. The summed E-state index contributed by atoms with van der Waals surface area (Å²) in [7, 11) is 0. The molecule has 0 aromatic rings. The lowest BCUT2D eigenvalue weighted by atomic mass is 10.3. The number of amides is 2. The Balaban J connectivity index is 1.59.